The predicted octanol–water partition coefficient (Wildman–Crippen LogP) is 0.387. The Morgan fingerprint density at radius 1 is 1.40 bits per heavy atom. The lowest BCUT2D eigenvalue weighted by molar-refractivity contribution is -0.0613. The van der Waals surface area contributed by atoms with E-state index in [1.54, 1.807) is 7.11 Å². The molecule has 62 valence electrons. The third-order valence-electron chi connectivity index (χ3n) is 1.10. The highest BCUT2D eigenvalue weighted by Gasteiger charge is 2.16. The minimum atomic E-state index is -0.200. The SMILES string of the molecule is COCC(C)(C)OCCN. The van der Waals surface area contributed by atoms with Gasteiger partial charge in [0.2, 0.25) is 0 Å². The normalized spacial score (nSPS) is 12.0. The molecule has 0 aliphatic carbocycles. The van der Waals surface area contributed by atoms with Crippen LogP contribution >= 0.6 is 0 Å². The molecule has 0 fully saturated rings. The molecule has 0 aromatic rings. The topological polar surface area (TPSA) is 44.5 Å². The molecule has 0 amide bonds. The van der Waals surface area contributed by atoms with Crippen LogP contribution in [0.5, 0.6) is 0 Å². The highest BCUT2D eigenvalue weighted by molar-refractivity contribution is 4.66. The Labute approximate surface area is 62.5 Å². The quantitative estimate of drug-likeness (QED) is 0.611. The molecule has 0 saturated carbocycles. The number of methoxy groups -OCH3 is 1. The van der Waals surface area contributed by atoms with Crippen LogP contribution in [0.4, 0.5) is 0 Å². The van der Waals surface area contributed by atoms with Gasteiger partial charge >= 0.3 is 0 Å². The molecule has 2 N–H and O–H groups in total. The minimum absolute atomic E-state index is 0.200. The van der Waals surface area contributed by atoms with Gasteiger partial charge in [-0.05, 0) is 13.8 Å². The van der Waals surface area contributed by atoms with E-state index in [1.807, 2.05) is 13.8 Å². The fraction of sp³-hybridized carbons (Fsp3) is 1.00. The third kappa shape index (κ3) is 4.73. The van der Waals surface area contributed by atoms with E-state index in [0.29, 0.717) is 19.8 Å². The van der Waals surface area contributed by atoms with Gasteiger partial charge in [-0.2, -0.15) is 0 Å². The van der Waals surface area contributed by atoms with Crippen LogP contribution < -0.4 is 5.73 Å². The maximum atomic E-state index is 5.37. The summed E-state index contributed by atoms with van der Waals surface area (Å²) in [6.45, 7) is 5.72. The molecule has 0 heterocycles. The van der Waals surface area contributed by atoms with Crippen LogP contribution in [0.3, 0.4) is 0 Å². The van der Waals surface area contributed by atoms with Crippen molar-refractivity contribution in [1.82, 2.24) is 0 Å². The van der Waals surface area contributed by atoms with Crippen molar-refractivity contribution in [3.05, 3.63) is 0 Å². The minimum Gasteiger partial charge on any atom is -0.382 e. The molecule has 3 nitrogen and oxygen atoms in total. The van der Waals surface area contributed by atoms with E-state index in [2.05, 4.69) is 0 Å². The Morgan fingerprint density at radius 3 is 2.40 bits per heavy atom. The predicted molar refractivity (Wildman–Crippen MR) is 41.0 cm³/mol. The van der Waals surface area contributed by atoms with Crippen molar-refractivity contribution >= 4 is 0 Å². The van der Waals surface area contributed by atoms with E-state index < -0.39 is 0 Å². The van der Waals surface area contributed by atoms with E-state index in [-0.39, 0.29) is 5.60 Å². The lowest BCUT2D eigenvalue weighted by Gasteiger charge is -2.23. The number of nitrogens with two attached hydrogens (primary N) is 1. The highest BCUT2D eigenvalue weighted by atomic mass is 16.5. The van der Waals surface area contributed by atoms with Crippen LogP contribution in [0, 0.1) is 0 Å². The summed E-state index contributed by atoms with van der Waals surface area (Å²) in [7, 11) is 1.66. The fourth-order valence-corrected chi connectivity index (χ4v) is 0.724. The maximum Gasteiger partial charge on any atom is 0.0859 e. The summed E-state index contributed by atoms with van der Waals surface area (Å²) in [5.74, 6) is 0. The van der Waals surface area contributed by atoms with Crippen molar-refractivity contribution in [3.8, 4) is 0 Å². The Hall–Kier alpha value is -0.120. The summed E-state index contributed by atoms with van der Waals surface area (Å²) in [5.41, 5.74) is 5.07. The summed E-state index contributed by atoms with van der Waals surface area (Å²) in [4.78, 5) is 0. The van der Waals surface area contributed by atoms with Gasteiger partial charge in [0.05, 0.1) is 18.8 Å². The Bertz CT molecular complexity index is 83.7. The molecule has 0 aliphatic heterocycles. The van der Waals surface area contributed by atoms with Crippen LogP contribution in [0.15, 0.2) is 0 Å². The molecule has 0 unspecified atom stereocenters. The second-order valence-electron chi connectivity index (χ2n) is 2.83. The second-order valence-corrected chi connectivity index (χ2v) is 2.83. The van der Waals surface area contributed by atoms with Crippen LogP contribution in [0.1, 0.15) is 13.8 Å². The first-order valence-corrected chi connectivity index (χ1v) is 3.45. The summed E-state index contributed by atoms with van der Waals surface area (Å²) < 4.78 is 10.3. The molecule has 0 aromatic heterocycles. The lowest BCUT2D eigenvalue weighted by atomic mass is 10.1. The van der Waals surface area contributed by atoms with Crippen LogP contribution in [0.25, 0.3) is 0 Å². The summed E-state index contributed by atoms with van der Waals surface area (Å²) in [6, 6.07) is 0. The van der Waals surface area contributed by atoms with Crippen molar-refractivity contribution in [1.29, 1.82) is 0 Å². The molecule has 0 saturated heterocycles. The number of hydrogen-bond acceptors (Lipinski definition) is 3. The smallest absolute Gasteiger partial charge is 0.0859 e. The van der Waals surface area contributed by atoms with Crippen LogP contribution in [0.2, 0.25) is 0 Å². The largest absolute Gasteiger partial charge is 0.382 e. The Morgan fingerprint density at radius 2 is 2.00 bits per heavy atom. The number of rotatable bonds is 5. The Kier molecular flexibility index (Phi) is 4.60. The molecule has 0 bridgehead atoms. The summed E-state index contributed by atoms with van der Waals surface area (Å²) >= 11 is 0. The number of ether oxygens (including phenoxy) is 2. The van der Waals surface area contributed by atoms with Gasteiger partial charge in [0.25, 0.3) is 0 Å². The van der Waals surface area contributed by atoms with Gasteiger partial charge in [-0.25, -0.2) is 0 Å². The van der Waals surface area contributed by atoms with Gasteiger partial charge < -0.3 is 15.2 Å². The average molecular weight is 147 g/mol. The molecule has 10 heavy (non-hydrogen) atoms. The molecule has 0 aliphatic rings. The van der Waals surface area contributed by atoms with E-state index in [1.165, 1.54) is 0 Å². The maximum absolute atomic E-state index is 5.37. The second kappa shape index (κ2) is 4.66. The zero-order chi connectivity index (χ0) is 8.04. The zero-order valence-electron chi connectivity index (χ0n) is 7.02. The van der Waals surface area contributed by atoms with E-state index in [0.717, 1.165) is 0 Å². The molecule has 0 spiro atoms. The Balaban J connectivity index is 3.42. The third-order valence-corrected chi connectivity index (χ3v) is 1.10. The van der Waals surface area contributed by atoms with Crippen molar-refractivity contribution < 1.29 is 9.47 Å². The van der Waals surface area contributed by atoms with Gasteiger partial charge in [0.1, 0.15) is 0 Å². The molecule has 0 radical (unpaired) electrons. The van der Waals surface area contributed by atoms with Crippen molar-refractivity contribution in [2.75, 3.05) is 26.9 Å². The van der Waals surface area contributed by atoms with Crippen LogP contribution in [-0.4, -0.2) is 32.5 Å². The zero-order valence-corrected chi connectivity index (χ0v) is 7.02. The first kappa shape index (κ1) is 9.88. The fourth-order valence-electron chi connectivity index (χ4n) is 0.724. The van der Waals surface area contributed by atoms with Gasteiger partial charge in [0, 0.05) is 13.7 Å². The standard InChI is InChI=1S/C7H17NO2/c1-7(2,6-9-3)10-5-4-8/h4-6,8H2,1-3H3. The van der Waals surface area contributed by atoms with Gasteiger partial charge in [-0.1, -0.05) is 0 Å². The van der Waals surface area contributed by atoms with E-state index >= 15 is 0 Å². The highest BCUT2D eigenvalue weighted by Crippen LogP contribution is 2.07. The molecule has 0 aromatic carbocycles. The summed E-state index contributed by atoms with van der Waals surface area (Å²) in [5, 5.41) is 0. The van der Waals surface area contributed by atoms with Crippen molar-refractivity contribution in [2.45, 2.75) is 19.4 Å². The molecule has 3 heteroatoms. The van der Waals surface area contributed by atoms with E-state index in [9.17, 15) is 0 Å². The van der Waals surface area contributed by atoms with Crippen molar-refractivity contribution in [2.24, 2.45) is 5.73 Å². The average Bonchev–Trinajstić information content (AvgIpc) is 1.84. The molecular weight excluding hydrogens is 130 g/mol. The first-order chi connectivity index (χ1) is 4.62. The first-order valence-electron chi connectivity index (χ1n) is 3.45. The van der Waals surface area contributed by atoms with Gasteiger partial charge in [-0.3, -0.25) is 0 Å². The van der Waals surface area contributed by atoms with Gasteiger partial charge in [-0.15, -0.1) is 0 Å². The molecule has 0 atom stereocenters. The molecular formula is C7H17NO2. The summed E-state index contributed by atoms with van der Waals surface area (Å²) in [6.07, 6.45) is 0. The number of hydrogen-bond donors (Lipinski definition) is 1. The van der Waals surface area contributed by atoms with E-state index in [4.69, 9.17) is 15.2 Å². The van der Waals surface area contributed by atoms with Crippen LogP contribution in [-0.2, 0) is 9.47 Å². The lowest BCUT2D eigenvalue weighted by Crippen LogP contribution is -2.32. The van der Waals surface area contributed by atoms with Crippen molar-refractivity contribution in [3.63, 3.8) is 0 Å². The van der Waals surface area contributed by atoms with Gasteiger partial charge in [0.15, 0.2) is 0 Å². The molecule has 0 rings (SSSR count). The monoisotopic (exact) mass is 147 g/mol.